The molecule has 30 heavy (non-hydrogen) atoms. The zero-order valence-corrected chi connectivity index (χ0v) is 16.6. The van der Waals surface area contributed by atoms with Gasteiger partial charge in [-0.2, -0.15) is 0 Å². The molecule has 0 amide bonds. The highest BCUT2D eigenvalue weighted by molar-refractivity contribution is 6.18. The van der Waals surface area contributed by atoms with E-state index < -0.39 is 0 Å². The summed E-state index contributed by atoms with van der Waals surface area (Å²) >= 11 is 5.40. The van der Waals surface area contributed by atoms with Gasteiger partial charge in [0.1, 0.15) is 24.2 Å². The lowest BCUT2D eigenvalue weighted by molar-refractivity contribution is 0.173. The van der Waals surface area contributed by atoms with Crippen LogP contribution in [0.15, 0.2) is 36.4 Å². The number of hydrogen-bond acceptors (Lipinski definition) is 7. The Labute approximate surface area is 181 Å². The van der Waals surface area contributed by atoms with Crippen molar-refractivity contribution in [2.24, 2.45) is 5.92 Å². The van der Waals surface area contributed by atoms with Crippen molar-refractivity contribution in [3.8, 4) is 34.5 Å². The lowest BCUT2D eigenvalue weighted by Crippen LogP contribution is -2.03. The second-order valence-electron chi connectivity index (χ2n) is 6.92. The molecule has 0 spiro atoms. The fourth-order valence-corrected chi connectivity index (χ4v) is 2.79. The number of phenols is 1. The van der Waals surface area contributed by atoms with Gasteiger partial charge in [0.2, 0.25) is 13.6 Å². The van der Waals surface area contributed by atoms with E-state index in [2.05, 4.69) is 0 Å². The molecule has 1 atom stereocenters. The molecule has 0 radical (unpaired) electrons. The summed E-state index contributed by atoms with van der Waals surface area (Å²) in [7, 11) is 0. The third-order valence-corrected chi connectivity index (χ3v) is 4.89. The molecule has 2 fully saturated rings. The summed E-state index contributed by atoms with van der Waals surface area (Å²) in [5.74, 6) is 5.61. The summed E-state index contributed by atoms with van der Waals surface area (Å²) in [6.07, 6.45) is 3.04. The Balaban J connectivity index is 0.000000140. The predicted octanol–water partition coefficient (Wildman–Crippen LogP) is 4.59. The second-order valence-corrected chi connectivity index (χ2v) is 7.23. The smallest absolute Gasteiger partial charge is 0.231 e. The summed E-state index contributed by atoms with van der Waals surface area (Å²) in [5, 5.41) is 8.96. The molecule has 6 rings (SSSR count). The number of hydrogen-bond donors (Lipinski definition) is 1. The fourth-order valence-electron chi connectivity index (χ4n) is 2.48. The maximum atomic E-state index is 8.96. The Morgan fingerprint density at radius 2 is 1.50 bits per heavy atom. The molecule has 3 heterocycles. The van der Waals surface area contributed by atoms with Gasteiger partial charge in [0.05, 0.1) is 6.61 Å². The van der Waals surface area contributed by atoms with Gasteiger partial charge in [-0.05, 0) is 43.0 Å². The second kappa shape index (κ2) is 10.5. The van der Waals surface area contributed by atoms with Gasteiger partial charge >= 0.3 is 0 Å². The molecule has 1 unspecified atom stereocenters. The standard InChI is InChI=1S/C10H10O4.C7H6O3.C4H7Cl.CH4/c1-2-9-10(14-6-13-9)3-7(1)11-4-8-5-12-8;8-5-1-2-6-7(3-5)10-4-9-6;5-3-4-1-2-4;/h1-3,8H,4-6H2;1-3,8H,4H2;4H,1-3H2;1H4. The SMILES string of the molecule is C.ClCC1CC1.Oc1ccc2c(c1)OCO2.c1cc2c(cc1OCC1CO1)OCO2. The Morgan fingerprint density at radius 1 is 0.900 bits per heavy atom. The fraction of sp³-hybridized carbons (Fsp3) is 0.455. The molecule has 7 nitrogen and oxygen atoms in total. The molecule has 1 saturated heterocycles. The highest BCUT2D eigenvalue weighted by Gasteiger charge is 2.23. The Morgan fingerprint density at radius 3 is 2.07 bits per heavy atom. The van der Waals surface area contributed by atoms with Gasteiger partial charge in [0.25, 0.3) is 0 Å². The highest BCUT2D eigenvalue weighted by Crippen LogP contribution is 2.35. The third kappa shape index (κ3) is 6.50. The maximum absolute atomic E-state index is 8.96. The monoisotopic (exact) mass is 438 g/mol. The average Bonchev–Trinajstić information content (AvgIpc) is 3.66. The van der Waals surface area contributed by atoms with Gasteiger partial charge in [-0.25, -0.2) is 0 Å². The predicted molar refractivity (Wildman–Crippen MR) is 112 cm³/mol. The minimum Gasteiger partial charge on any atom is -0.508 e. The van der Waals surface area contributed by atoms with Crippen LogP contribution < -0.4 is 23.7 Å². The number of phenolic OH excluding ortho intramolecular Hbond substituents is 1. The van der Waals surface area contributed by atoms with E-state index in [1.807, 2.05) is 18.2 Å². The Bertz CT molecular complexity index is 821. The zero-order chi connectivity index (χ0) is 20.1. The van der Waals surface area contributed by atoms with E-state index in [0.717, 1.165) is 35.7 Å². The molecular weight excluding hydrogens is 412 g/mol. The van der Waals surface area contributed by atoms with E-state index in [1.165, 1.54) is 18.9 Å². The van der Waals surface area contributed by atoms with E-state index in [9.17, 15) is 0 Å². The number of rotatable bonds is 4. The molecule has 4 aliphatic rings. The van der Waals surface area contributed by atoms with Crippen LogP contribution in [0.3, 0.4) is 0 Å². The molecule has 164 valence electrons. The lowest BCUT2D eigenvalue weighted by Gasteiger charge is -2.04. The van der Waals surface area contributed by atoms with Gasteiger partial charge in [0.15, 0.2) is 23.0 Å². The van der Waals surface area contributed by atoms with E-state index in [1.54, 1.807) is 12.1 Å². The van der Waals surface area contributed by atoms with Crippen molar-refractivity contribution in [1.82, 2.24) is 0 Å². The maximum Gasteiger partial charge on any atom is 0.231 e. The first-order chi connectivity index (χ1) is 14.2. The molecule has 2 aromatic carbocycles. The van der Waals surface area contributed by atoms with Crippen molar-refractivity contribution < 1.29 is 33.5 Å². The van der Waals surface area contributed by atoms with Crippen molar-refractivity contribution in [2.45, 2.75) is 26.4 Å². The first-order valence-electron chi connectivity index (χ1n) is 9.50. The number of fused-ring (bicyclic) bond motifs is 2. The lowest BCUT2D eigenvalue weighted by atomic mass is 10.3. The van der Waals surface area contributed by atoms with Crippen molar-refractivity contribution in [2.75, 3.05) is 32.7 Å². The van der Waals surface area contributed by atoms with Crippen LogP contribution in [-0.4, -0.2) is 43.9 Å². The van der Waals surface area contributed by atoms with Gasteiger partial charge in [-0.1, -0.05) is 7.43 Å². The number of alkyl halides is 1. The number of benzene rings is 2. The summed E-state index contributed by atoms with van der Waals surface area (Å²) in [5.41, 5.74) is 0. The number of epoxide rings is 1. The minimum absolute atomic E-state index is 0. The molecule has 1 aliphatic carbocycles. The topological polar surface area (TPSA) is 78.9 Å². The van der Waals surface area contributed by atoms with Crippen LogP contribution >= 0.6 is 11.6 Å². The van der Waals surface area contributed by atoms with Crippen LogP contribution in [0.2, 0.25) is 0 Å². The summed E-state index contributed by atoms with van der Waals surface area (Å²) in [6, 6.07) is 10.3. The van der Waals surface area contributed by atoms with E-state index in [4.69, 9.17) is 45.1 Å². The van der Waals surface area contributed by atoms with E-state index >= 15 is 0 Å². The van der Waals surface area contributed by atoms with Crippen LogP contribution in [0.5, 0.6) is 34.5 Å². The van der Waals surface area contributed by atoms with Crippen LogP contribution in [0.1, 0.15) is 20.3 Å². The first-order valence-corrected chi connectivity index (χ1v) is 10.0. The van der Waals surface area contributed by atoms with Crippen molar-refractivity contribution in [3.05, 3.63) is 36.4 Å². The van der Waals surface area contributed by atoms with Crippen LogP contribution in [0, 0.1) is 5.92 Å². The number of halogens is 1. The zero-order valence-electron chi connectivity index (χ0n) is 15.8. The van der Waals surface area contributed by atoms with E-state index in [0.29, 0.717) is 24.9 Å². The molecule has 8 heteroatoms. The van der Waals surface area contributed by atoms with Gasteiger partial charge in [-0.15, -0.1) is 11.6 Å². The van der Waals surface area contributed by atoms with Crippen LogP contribution in [0.25, 0.3) is 0 Å². The molecule has 0 bridgehead atoms. The number of aromatic hydroxyl groups is 1. The van der Waals surface area contributed by atoms with Gasteiger partial charge < -0.3 is 33.5 Å². The Hall–Kier alpha value is -2.51. The normalized spacial score (nSPS) is 18.8. The van der Waals surface area contributed by atoms with Gasteiger partial charge in [0, 0.05) is 18.0 Å². The average molecular weight is 439 g/mol. The van der Waals surface area contributed by atoms with E-state index in [-0.39, 0.29) is 26.1 Å². The molecule has 2 aromatic rings. The Kier molecular flexibility index (Phi) is 7.76. The quantitative estimate of drug-likeness (QED) is 0.552. The molecule has 0 aromatic heterocycles. The molecule has 3 aliphatic heterocycles. The van der Waals surface area contributed by atoms with Crippen molar-refractivity contribution >= 4 is 11.6 Å². The molecular formula is C22H27ClO7. The first kappa shape index (κ1) is 22.2. The van der Waals surface area contributed by atoms with Gasteiger partial charge in [-0.3, -0.25) is 0 Å². The molecule has 1 saturated carbocycles. The van der Waals surface area contributed by atoms with Crippen molar-refractivity contribution in [3.63, 3.8) is 0 Å². The highest BCUT2D eigenvalue weighted by atomic mass is 35.5. The largest absolute Gasteiger partial charge is 0.508 e. The third-order valence-electron chi connectivity index (χ3n) is 4.45. The van der Waals surface area contributed by atoms with Crippen LogP contribution in [0.4, 0.5) is 0 Å². The summed E-state index contributed by atoms with van der Waals surface area (Å²) in [6.45, 7) is 1.97. The summed E-state index contributed by atoms with van der Waals surface area (Å²) < 4.78 is 31.0. The van der Waals surface area contributed by atoms with Crippen molar-refractivity contribution in [1.29, 1.82) is 0 Å². The summed E-state index contributed by atoms with van der Waals surface area (Å²) in [4.78, 5) is 0. The number of ether oxygens (including phenoxy) is 6. The minimum atomic E-state index is 0. The van der Waals surface area contributed by atoms with Crippen LogP contribution in [-0.2, 0) is 4.74 Å². The molecule has 1 N–H and O–H groups in total.